The number of methoxy groups -OCH3 is 2. The van der Waals surface area contributed by atoms with E-state index in [9.17, 15) is 0 Å². The van der Waals surface area contributed by atoms with Crippen LogP contribution in [0.25, 0.3) is 5.70 Å². The van der Waals surface area contributed by atoms with E-state index in [0.29, 0.717) is 0 Å². The van der Waals surface area contributed by atoms with Crippen LogP contribution in [-0.4, -0.2) is 19.9 Å². The van der Waals surface area contributed by atoms with Gasteiger partial charge < -0.3 is 9.47 Å². The molecule has 0 saturated heterocycles. The molecule has 0 saturated carbocycles. The fourth-order valence-corrected chi connectivity index (χ4v) is 2.34. The molecule has 106 valence electrons. The molecule has 0 aliphatic carbocycles. The van der Waals surface area contributed by atoms with E-state index in [-0.39, 0.29) is 0 Å². The summed E-state index contributed by atoms with van der Waals surface area (Å²) in [6.07, 6.45) is 3.01. The Labute approximate surface area is 124 Å². The fourth-order valence-electron chi connectivity index (χ4n) is 2.34. The van der Waals surface area contributed by atoms with Crippen LogP contribution in [0.3, 0.4) is 0 Å². The number of allylic oxidation sites excluding steroid dienone is 1. The third-order valence-corrected chi connectivity index (χ3v) is 3.55. The van der Waals surface area contributed by atoms with Crippen molar-refractivity contribution in [3.8, 4) is 11.5 Å². The van der Waals surface area contributed by atoms with Gasteiger partial charge in [-0.2, -0.15) is 0 Å². The van der Waals surface area contributed by atoms with Crippen molar-refractivity contribution in [3.05, 3.63) is 65.7 Å². The van der Waals surface area contributed by atoms with Crippen LogP contribution in [0.15, 0.2) is 59.6 Å². The smallest absolute Gasteiger partial charge is 0.118 e. The minimum atomic E-state index is 0.855. The molecule has 0 atom stereocenters. The summed E-state index contributed by atoms with van der Waals surface area (Å²) in [5, 5.41) is 0. The molecule has 2 aromatic rings. The number of hydrogen-bond donors (Lipinski definition) is 0. The van der Waals surface area contributed by atoms with Gasteiger partial charge in [-0.1, -0.05) is 6.08 Å². The minimum Gasteiger partial charge on any atom is -0.497 e. The normalized spacial score (nSPS) is 13.6. The number of nitrogens with zero attached hydrogens (tertiary/aromatic N) is 1. The standard InChI is InChI=1S/C18H17NO2/c1-20-15-7-3-13(4-8-15)17-11-12-18(19-17)14-5-9-16(21-2)10-6-14/h3-11H,12H2,1-2H3. The lowest BCUT2D eigenvalue weighted by atomic mass is 10.1. The highest BCUT2D eigenvalue weighted by atomic mass is 16.5. The van der Waals surface area contributed by atoms with Crippen molar-refractivity contribution in [2.75, 3.05) is 14.2 Å². The maximum atomic E-state index is 5.18. The van der Waals surface area contributed by atoms with Crippen molar-refractivity contribution in [1.29, 1.82) is 0 Å². The molecule has 0 radical (unpaired) electrons. The van der Waals surface area contributed by atoms with E-state index in [2.05, 4.69) is 6.08 Å². The molecule has 1 aliphatic heterocycles. The Kier molecular flexibility index (Phi) is 3.73. The molecule has 0 unspecified atom stereocenters. The van der Waals surface area contributed by atoms with E-state index in [1.165, 1.54) is 0 Å². The summed E-state index contributed by atoms with van der Waals surface area (Å²) in [6, 6.07) is 16.0. The van der Waals surface area contributed by atoms with E-state index >= 15 is 0 Å². The number of hydrogen-bond acceptors (Lipinski definition) is 3. The van der Waals surface area contributed by atoms with Crippen LogP contribution in [0, 0.1) is 0 Å². The zero-order chi connectivity index (χ0) is 14.7. The summed E-state index contributed by atoms with van der Waals surface area (Å²) in [7, 11) is 3.34. The maximum absolute atomic E-state index is 5.18. The topological polar surface area (TPSA) is 30.8 Å². The molecule has 3 nitrogen and oxygen atoms in total. The molecule has 3 heteroatoms. The van der Waals surface area contributed by atoms with Gasteiger partial charge in [0.1, 0.15) is 11.5 Å². The summed E-state index contributed by atoms with van der Waals surface area (Å²) < 4.78 is 10.4. The molecule has 0 spiro atoms. The second-order valence-corrected chi connectivity index (χ2v) is 4.81. The maximum Gasteiger partial charge on any atom is 0.118 e. The first-order chi connectivity index (χ1) is 10.3. The summed E-state index contributed by atoms with van der Waals surface area (Å²) >= 11 is 0. The Morgan fingerprint density at radius 2 is 1.29 bits per heavy atom. The molecule has 0 N–H and O–H groups in total. The van der Waals surface area contributed by atoms with Gasteiger partial charge in [0, 0.05) is 12.0 Å². The van der Waals surface area contributed by atoms with Crippen LogP contribution in [0.1, 0.15) is 17.5 Å². The lowest BCUT2D eigenvalue weighted by Gasteiger charge is -2.04. The number of ether oxygens (including phenoxy) is 2. The van der Waals surface area contributed by atoms with E-state index in [4.69, 9.17) is 14.5 Å². The number of rotatable bonds is 4. The van der Waals surface area contributed by atoms with Crippen molar-refractivity contribution in [2.45, 2.75) is 6.42 Å². The van der Waals surface area contributed by atoms with Gasteiger partial charge in [-0.05, 0) is 54.1 Å². The molecule has 0 aromatic heterocycles. The molecule has 1 heterocycles. The van der Waals surface area contributed by atoms with Crippen molar-refractivity contribution in [2.24, 2.45) is 4.99 Å². The second-order valence-electron chi connectivity index (χ2n) is 4.81. The van der Waals surface area contributed by atoms with Crippen molar-refractivity contribution < 1.29 is 9.47 Å². The lowest BCUT2D eigenvalue weighted by Crippen LogP contribution is -1.96. The average molecular weight is 279 g/mol. The van der Waals surface area contributed by atoms with Gasteiger partial charge in [0.05, 0.1) is 25.6 Å². The Bertz CT molecular complexity index is 682. The van der Waals surface area contributed by atoms with Crippen LogP contribution in [0.4, 0.5) is 0 Å². The predicted molar refractivity (Wildman–Crippen MR) is 85.1 cm³/mol. The van der Waals surface area contributed by atoms with Crippen molar-refractivity contribution in [1.82, 2.24) is 0 Å². The molecule has 0 bridgehead atoms. The zero-order valence-corrected chi connectivity index (χ0v) is 12.2. The largest absolute Gasteiger partial charge is 0.497 e. The minimum absolute atomic E-state index is 0.855. The van der Waals surface area contributed by atoms with Crippen LogP contribution in [-0.2, 0) is 0 Å². The van der Waals surface area contributed by atoms with E-state index in [1.807, 2.05) is 48.5 Å². The molecular weight excluding hydrogens is 262 g/mol. The van der Waals surface area contributed by atoms with Gasteiger partial charge in [0.25, 0.3) is 0 Å². The first-order valence-electron chi connectivity index (χ1n) is 6.87. The number of benzene rings is 2. The molecule has 3 rings (SSSR count). The van der Waals surface area contributed by atoms with E-state index in [1.54, 1.807) is 14.2 Å². The lowest BCUT2D eigenvalue weighted by molar-refractivity contribution is 0.414. The molecule has 2 aromatic carbocycles. The molecule has 0 fully saturated rings. The monoisotopic (exact) mass is 279 g/mol. The SMILES string of the molecule is COc1ccc(C2=CCC(c3ccc(OC)cc3)=N2)cc1. The first kappa shape index (κ1) is 13.4. The third kappa shape index (κ3) is 2.82. The van der Waals surface area contributed by atoms with Crippen LogP contribution in [0.2, 0.25) is 0 Å². The van der Waals surface area contributed by atoms with Gasteiger partial charge in [0.15, 0.2) is 0 Å². The number of aliphatic imine (C=N–C) groups is 1. The quantitative estimate of drug-likeness (QED) is 0.848. The summed E-state index contributed by atoms with van der Waals surface area (Å²) in [6.45, 7) is 0. The Morgan fingerprint density at radius 1 is 0.762 bits per heavy atom. The zero-order valence-electron chi connectivity index (χ0n) is 12.2. The van der Waals surface area contributed by atoms with Crippen LogP contribution in [0.5, 0.6) is 11.5 Å². The molecule has 1 aliphatic rings. The van der Waals surface area contributed by atoms with Gasteiger partial charge >= 0.3 is 0 Å². The Hall–Kier alpha value is -2.55. The Balaban J connectivity index is 1.81. The van der Waals surface area contributed by atoms with Crippen molar-refractivity contribution >= 4 is 11.4 Å². The second kappa shape index (κ2) is 5.83. The first-order valence-corrected chi connectivity index (χ1v) is 6.87. The molecular formula is C18H17NO2. The predicted octanol–water partition coefficient (Wildman–Crippen LogP) is 3.94. The summed E-state index contributed by atoms with van der Waals surface area (Å²) in [4.78, 5) is 4.74. The van der Waals surface area contributed by atoms with Gasteiger partial charge in [-0.3, -0.25) is 4.99 Å². The molecule has 21 heavy (non-hydrogen) atoms. The summed E-state index contributed by atoms with van der Waals surface area (Å²) in [5.41, 5.74) is 4.35. The highest BCUT2D eigenvalue weighted by Gasteiger charge is 2.12. The van der Waals surface area contributed by atoms with Crippen LogP contribution >= 0.6 is 0 Å². The average Bonchev–Trinajstić information content (AvgIpc) is 3.05. The highest BCUT2D eigenvalue weighted by Crippen LogP contribution is 2.26. The summed E-state index contributed by atoms with van der Waals surface area (Å²) in [5.74, 6) is 1.72. The van der Waals surface area contributed by atoms with Gasteiger partial charge in [-0.15, -0.1) is 0 Å². The third-order valence-electron chi connectivity index (χ3n) is 3.55. The molecule has 0 amide bonds. The van der Waals surface area contributed by atoms with Crippen molar-refractivity contribution in [3.63, 3.8) is 0 Å². The highest BCUT2D eigenvalue weighted by molar-refractivity contribution is 6.07. The Morgan fingerprint density at radius 3 is 1.81 bits per heavy atom. The van der Waals surface area contributed by atoms with Gasteiger partial charge in [-0.25, -0.2) is 0 Å². The van der Waals surface area contributed by atoms with Gasteiger partial charge in [0.2, 0.25) is 0 Å². The fraction of sp³-hybridized carbons (Fsp3) is 0.167. The van der Waals surface area contributed by atoms with Crippen LogP contribution < -0.4 is 9.47 Å². The van der Waals surface area contributed by atoms with E-state index in [0.717, 1.165) is 40.5 Å². The van der Waals surface area contributed by atoms with E-state index < -0.39 is 0 Å².